The third-order valence-corrected chi connectivity index (χ3v) is 4.11. The number of amides is 1. The van der Waals surface area contributed by atoms with Crippen LogP contribution in [0.25, 0.3) is 0 Å². The summed E-state index contributed by atoms with van der Waals surface area (Å²) in [7, 11) is 0. The number of carbonyl (C=O) groups excluding carboxylic acids is 1. The molecule has 5 nitrogen and oxygen atoms in total. The fourth-order valence-corrected chi connectivity index (χ4v) is 2.76. The number of nitrogens with zero attached hydrogens (tertiary/aromatic N) is 1. The summed E-state index contributed by atoms with van der Waals surface area (Å²) in [6.45, 7) is 0.560. The van der Waals surface area contributed by atoms with Crippen molar-refractivity contribution < 1.29 is 18.0 Å². The lowest BCUT2D eigenvalue weighted by Gasteiger charge is -2.23. The van der Waals surface area contributed by atoms with E-state index < -0.39 is 17.6 Å². The Balaban J connectivity index is 1.73. The monoisotopic (exact) mass is 356 g/mol. The van der Waals surface area contributed by atoms with Crippen molar-refractivity contribution in [3.63, 3.8) is 0 Å². The summed E-state index contributed by atoms with van der Waals surface area (Å²) < 4.78 is 37.4. The molecule has 0 aliphatic heterocycles. The van der Waals surface area contributed by atoms with Crippen molar-refractivity contribution in [2.75, 3.05) is 13.1 Å². The van der Waals surface area contributed by atoms with E-state index in [0.717, 1.165) is 37.1 Å². The van der Waals surface area contributed by atoms with Crippen molar-refractivity contribution in [3.05, 3.63) is 35.4 Å². The summed E-state index contributed by atoms with van der Waals surface area (Å²) in [6.07, 6.45) is 1.39. The van der Waals surface area contributed by atoms with Crippen LogP contribution in [-0.2, 0) is 6.18 Å². The highest BCUT2D eigenvalue weighted by Crippen LogP contribution is 2.29. The zero-order valence-electron chi connectivity index (χ0n) is 13.9. The number of rotatable bonds is 5. The molecule has 0 spiro atoms. The van der Waals surface area contributed by atoms with E-state index >= 15 is 0 Å². The molecule has 138 valence electrons. The number of alkyl halides is 3. The van der Waals surface area contributed by atoms with Gasteiger partial charge in [-0.3, -0.25) is 9.79 Å². The highest BCUT2D eigenvalue weighted by atomic mass is 19.4. The highest BCUT2D eigenvalue weighted by molar-refractivity contribution is 5.94. The highest BCUT2D eigenvalue weighted by Gasteiger charge is 2.30. The molecule has 0 saturated heterocycles. The van der Waals surface area contributed by atoms with Crippen molar-refractivity contribution in [2.45, 2.75) is 44.3 Å². The Kier molecular flexibility index (Phi) is 6.66. The zero-order valence-corrected chi connectivity index (χ0v) is 13.9. The van der Waals surface area contributed by atoms with Gasteiger partial charge in [0.1, 0.15) is 0 Å². The summed E-state index contributed by atoms with van der Waals surface area (Å²) >= 11 is 0. The van der Waals surface area contributed by atoms with Crippen molar-refractivity contribution in [3.8, 4) is 0 Å². The van der Waals surface area contributed by atoms with Crippen LogP contribution in [-0.4, -0.2) is 31.0 Å². The maximum absolute atomic E-state index is 12.5. The molecule has 4 N–H and O–H groups in total. The van der Waals surface area contributed by atoms with E-state index in [0.29, 0.717) is 18.5 Å². The summed E-state index contributed by atoms with van der Waals surface area (Å²) in [5.41, 5.74) is 5.20. The van der Waals surface area contributed by atoms with Gasteiger partial charge in [0.15, 0.2) is 5.96 Å². The first-order valence-electron chi connectivity index (χ1n) is 8.38. The van der Waals surface area contributed by atoms with Gasteiger partial charge < -0.3 is 16.4 Å². The second-order valence-electron chi connectivity index (χ2n) is 6.08. The number of nitrogens with one attached hydrogen (secondary N) is 2. The van der Waals surface area contributed by atoms with Gasteiger partial charge in [-0.1, -0.05) is 19.3 Å². The minimum atomic E-state index is -4.41. The van der Waals surface area contributed by atoms with E-state index in [9.17, 15) is 18.0 Å². The van der Waals surface area contributed by atoms with Crippen molar-refractivity contribution in [1.29, 1.82) is 0 Å². The van der Waals surface area contributed by atoms with Gasteiger partial charge in [0.2, 0.25) is 0 Å². The molecule has 1 aliphatic rings. The number of nitrogens with two attached hydrogens (primary N) is 1. The first kappa shape index (κ1) is 19.1. The van der Waals surface area contributed by atoms with Crippen LogP contribution in [0.5, 0.6) is 0 Å². The summed E-state index contributed by atoms with van der Waals surface area (Å²) in [4.78, 5) is 16.0. The van der Waals surface area contributed by atoms with E-state index in [-0.39, 0.29) is 12.1 Å². The molecule has 1 amide bonds. The molecule has 1 aliphatic carbocycles. The molecule has 8 heteroatoms. The lowest BCUT2D eigenvalue weighted by atomic mass is 9.96. The largest absolute Gasteiger partial charge is 0.416 e. The third kappa shape index (κ3) is 6.28. The van der Waals surface area contributed by atoms with E-state index in [1.807, 2.05) is 0 Å². The Labute approximate surface area is 144 Å². The van der Waals surface area contributed by atoms with E-state index in [2.05, 4.69) is 15.6 Å². The lowest BCUT2D eigenvalue weighted by molar-refractivity contribution is -0.137. The minimum absolute atomic E-state index is 0.172. The molecule has 0 atom stereocenters. The second-order valence-corrected chi connectivity index (χ2v) is 6.08. The van der Waals surface area contributed by atoms with Gasteiger partial charge in [-0.25, -0.2) is 0 Å². The Morgan fingerprint density at radius 1 is 1.16 bits per heavy atom. The summed E-state index contributed by atoms with van der Waals surface area (Å²) in [6, 6.07) is 4.44. The number of aliphatic imine (C=N–C) groups is 1. The molecule has 1 saturated carbocycles. The van der Waals surface area contributed by atoms with Crippen LogP contribution < -0.4 is 16.4 Å². The van der Waals surface area contributed by atoms with Crippen molar-refractivity contribution in [2.24, 2.45) is 10.7 Å². The normalized spacial score (nSPS) is 16.5. The molecular weight excluding hydrogens is 333 g/mol. The van der Waals surface area contributed by atoms with Crippen LogP contribution in [0.4, 0.5) is 13.2 Å². The molecule has 1 fully saturated rings. The maximum Gasteiger partial charge on any atom is 0.416 e. The van der Waals surface area contributed by atoms with Gasteiger partial charge in [-0.15, -0.1) is 0 Å². The first-order chi connectivity index (χ1) is 11.9. The van der Waals surface area contributed by atoms with E-state index in [1.54, 1.807) is 0 Å². The Bertz CT molecular complexity index is 593. The van der Waals surface area contributed by atoms with Crippen molar-refractivity contribution in [1.82, 2.24) is 10.6 Å². The molecule has 0 bridgehead atoms. The Morgan fingerprint density at radius 3 is 2.40 bits per heavy atom. The average Bonchev–Trinajstić information content (AvgIpc) is 2.59. The molecule has 0 unspecified atom stereocenters. The molecular formula is C17H23F3N4O. The van der Waals surface area contributed by atoms with Gasteiger partial charge in [0, 0.05) is 18.2 Å². The van der Waals surface area contributed by atoms with Gasteiger partial charge in [-0.2, -0.15) is 13.2 Å². The fourth-order valence-electron chi connectivity index (χ4n) is 2.76. The number of hydrogen-bond acceptors (Lipinski definition) is 2. The summed E-state index contributed by atoms with van der Waals surface area (Å²) in [5, 5.41) is 5.77. The average molecular weight is 356 g/mol. The fraction of sp³-hybridized carbons (Fsp3) is 0.529. The lowest BCUT2D eigenvalue weighted by Crippen LogP contribution is -2.41. The van der Waals surface area contributed by atoms with Crippen molar-refractivity contribution >= 4 is 11.9 Å². The smallest absolute Gasteiger partial charge is 0.370 e. The number of carbonyl (C=O) groups is 1. The number of benzene rings is 1. The van der Waals surface area contributed by atoms with Crippen LogP contribution in [0, 0.1) is 0 Å². The number of halogens is 3. The van der Waals surface area contributed by atoms with Gasteiger partial charge >= 0.3 is 6.18 Å². The van der Waals surface area contributed by atoms with Crippen LogP contribution in [0.3, 0.4) is 0 Å². The van der Waals surface area contributed by atoms with E-state index in [4.69, 9.17) is 5.73 Å². The maximum atomic E-state index is 12.5. The predicted octanol–water partition coefficient (Wildman–Crippen LogP) is 2.67. The molecule has 1 aromatic rings. The molecule has 2 rings (SSSR count). The van der Waals surface area contributed by atoms with Crippen LogP contribution >= 0.6 is 0 Å². The Hall–Kier alpha value is -2.25. The zero-order chi connectivity index (χ0) is 18.3. The van der Waals surface area contributed by atoms with Crippen LogP contribution in [0.2, 0.25) is 0 Å². The van der Waals surface area contributed by atoms with Crippen LogP contribution in [0.15, 0.2) is 29.3 Å². The summed E-state index contributed by atoms with van der Waals surface area (Å²) in [5.74, 6) is -0.0848. The first-order valence-corrected chi connectivity index (χ1v) is 8.38. The molecule has 0 heterocycles. The number of guanidine groups is 1. The quantitative estimate of drug-likeness (QED) is 0.431. The molecule has 25 heavy (non-hydrogen) atoms. The topological polar surface area (TPSA) is 79.5 Å². The third-order valence-electron chi connectivity index (χ3n) is 4.11. The predicted molar refractivity (Wildman–Crippen MR) is 90.3 cm³/mol. The van der Waals surface area contributed by atoms with Gasteiger partial charge in [0.25, 0.3) is 5.91 Å². The number of hydrogen-bond donors (Lipinski definition) is 3. The van der Waals surface area contributed by atoms with E-state index in [1.165, 1.54) is 19.3 Å². The molecule has 0 aromatic heterocycles. The minimum Gasteiger partial charge on any atom is -0.370 e. The van der Waals surface area contributed by atoms with Crippen LogP contribution in [0.1, 0.15) is 48.0 Å². The van der Waals surface area contributed by atoms with Gasteiger partial charge in [0.05, 0.1) is 12.1 Å². The SMILES string of the molecule is NC(=NCCNC(=O)c1ccc(C(F)(F)F)cc1)NC1CCCCC1. The van der Waals surface area contributed by atoms with Gasteiger partial charge in [-0.05, 0) is 37.1 Å². The molecule has 0 radical (unpaired) electrons. The standard InChI is InChI=1S/C17H23F3N4O/c18-17(19,20)13-8-6-12(7-9-13)15(25)22-10-11-23-16(21)24-14-4-2-1-3-5-14/h6-9,14H,1-5,10-11H2,(H,22,25)(H3,21,23,24). The molecule has 1 aromatic carbocycles. The Morgan fingerprint density at radius 2 is 1.80 bits per heavy atom. The second kappa shape index (κ2) is 8.73.